The van der Waals surface area contributed by atoms with Gasteiger partial charge in [0.05, 0.1) is 11.8 Å². The van der Waals surface area contributed by atoms with Crippen molar-refractivity contribution in [3.63, 3.8) is 0 Å². The summed E-state index contributed by atoms with van der Waals surface area (Å²) in [7, 11) is 0. The quantitative estimate of drug-likeness (QED) is 0.750. The van der Waals surface area contributed by atoms with Gasteiger partial charge in [0.2, 0.25) is 0 Å². The first-order chi connectivity index (χ1) is 7.25. The van der Waals surface area contributed by atoms with Crippen LogP contribution in [0.4, 0.5) is 15.8 Å². The van der Waals surface area contributed by atoms with Gasteiger partial charge in [-0.05, 0) is 31.0 Å². The Morgan fingerprint density at radius 1 is 1.53 bits per heavy atom. The molecule has 1 atom stereocenters. The Morgan fingerprint density at radius 2 is 2.40 bits per heavy atom. The van der Waals surface area contributed by atoms with Crippen molar-refractivity contribution in [1.82, 2.24) is 0 Å². The molecule has 0 saturated carbocycles. The summed E-state index contributed by atoms with van der Waals surface area (Å²) in [5, 5.41) is 3.03. The van der Waals surface area contributed by atoms with Gasteiger partial charge in [0.25, 0.3) is 0 Å². The molecule has 3 N–H and O–H groups in total. The Balaban J connectivity index is 1.92. The molecule has 0 aliphatic carbocycles. The zero-order valence-corrected chi connectivity index (χ0v) is 8.50. The molecule has 0 spiro atoms. The lowest BCUT2D eigenvalue weighted by Crippen LogP contribution is -2.18. The molecule has 1 aromatic rings. The number of ether oxygens (including phenoxy) is 1. The number of nitrogen functional groups attached to an aromatic ring is 1. The third-order valence-electron chi connectivity index (χ3n) is 2.54. The predicted molar refractivity (Wildman–Crippen MR) is 58.3 cm³/mol. The van der Waals surface area contributed by atoms with Gasteiger partial charge >= 0.3 is 0 Å². The van der Waals surface area contributed by atoms with Crippen molar-refractivity contribution in [3.05, 3.63) is 24.0 Å². The zero-order chi connectivity index (χ0) is 10.7. The normalized spacial score (nSPS) is 20.5. The summed E-state index contributed by atoms with van der Waals surface area (Å²) < 4.78 is 18.8. The second-order valence-corrected chi connectivity index (χ2v) is 3.76. The molecule has 0 bridgehead atoms. The Kier molecular flexibility index (Phi) is 3.06. The van der Waals surface area contributed by atoms with Crippen LogP contribution in [0.5, 0.6) is 0 Å². The van der Waals surface area contributed by atoms with E-state index in [2.05, 4.69) is 5.32 Å². The number of rotatable bonds is 3. The molecular weight excluding hydrogens is 195 g/mol. The summed E-state index contributed by atoms with van der Waals surface area (Å²) in [5.74, 6) is -0.312. The van der Waals surface area contributed by atoms with Gasteiger partial charge in [0.1, 0.15) is 5.82 Å². The smallest absolute Gasteiger partial charge is 0.148 e. The molecule has 1 heterocycles. The lowest BCUT2D eigenvalue weighted by molar-refractivity contribution is 0.120. The Bertz CT molecular complexity index is 337. The number of benzene rings is 1. The Morgan fingerprint density at radius 3 is 3.07 bits per heavy atom. The molecule has 1 fully saturated rings. The van der Waals surface area contributed by atoms with Crippen LogP contribution >= 0.6 is 0 Å². The highest BCUT2D eigenvalue weighted by molar-refractivity contribution is 5.52. The third kappa shape index (κ3) is 2.59. The van der Waals surface area contributed by atoms with E-state index in [-0.39, 0.29) is 11.9 Å². The van der Waals surface area contributed by atoms with Crippen LogP contribution < -0.4 is 11.1 Å². The van der Waals surface area contributed by atoms with Gasteiger partial charge in [-0.1, -0.05) is 0 Å². The average Bonchev–Trinajstić information content (AvgIpc) is 2.69. The maximum atomic E-state index is 13.3. The zero-order valence-electron chi connectivity index (χ0n) is 8.50. The van der Waals surface area contributed by atoms with E-state index in [1.807, 2.05) is 0 Å². The highest BCUT2D eigenvalue weighted by atomic mass is 19.1. The van der Waals surface area contributed by atoms with Crippen molar-refractivity contribution in [2.75, 3.05) is 24.2 Å². The Labute approximate surface area is 88.4 Å². The maximum Gasteiger partial charge on any atom is 0.148 e. The van der Waals surface area contributed by atoms with E-state index in [0.29, 0.717) is 17.9 Å². The van der Waals surface area contributed by atoms with E-state index in [9.17, 15) is 4.39 Å². The molecule has 1 aliphatic rings. The molecule has 1 saturated heterocycles. The minimum atomic E-state index is -0.312. The third-order valence-corrected chi connectivity index (χ3v) is 2.54. The second-order valence-electron chi connectivity index (χ2n) is 3.76. The van der Waals surface area contributed by atoms with Gasteiger partial charge in [-0.25, -0.2) is 4.39 Å². The van der Waals surface area contributed by atoms with Gasteiger partial charge in [-0.2, -0.15) is 0 Å². The first-order valence-electron chi connectivity index (χ1n) is 5.16. The lowest BCUT2D eigenvalue weighted by atomic mass is 10.2. The van der Waals surface area contributed by atoms with Crippen molar-refractivity contribution in [2.45, 2.75) is 18.9 Å². The summed E-state index contributed by atoms with van der Waals surface area (Å²) >= 11 is 0. The lowest BCUT2D eigenvalue weighted by Gasteiger charge is -2.12. The number of anilines is 2. The van der Waals surface area contributed by atoms with Crippen LogP contribution in [0.15, 0.2) is 18.2 Å². The van der Waals surface area contributed by atoms with Gasteiger partial charge in [-0.15, -0.1) is 0 Å². The molecule has 1 aromatic carbocycles. The monoisotopic (exact) mass is 210 g/mol. The standard InChI is InChI=1S/C11H15FN2O/c12-10-6-8(13)3-4-11(10)14-7-9-2-1-5-15-9/h3-4,6,9,14H,1-2,5,7,13H2/t9-/m1/s1. The molecular formula is C11H15FN2O. The van der Waals surface area contributed by atoms with Crippen LogP contribution in [0.3, 0.4) is 0 Å². The molecule has 0 unspecified atom stereocenters. The summed E-state index contributed by atoms with van der Waals surface area (Å²) in [5.41, 5.74) is 6.38. The topological polar surface area (TPSA) is 47.3 Å². The number of nitrogens with one attached hydrogen (secondary N) is 1. The molecule has 15 heavy (non-hydrogen) atoms. The van der Waals surface area contributed by atoms with Crippen molar-refractivity contribution in [1.29, 1.82) is 0 Å². The summed E-state index contributed by atoms with van der Waals surface area (Å²) in [6.07, 6.45) is 2.35. The first-order valence-corrected chi connectivity index (χ1v) is 5.16. The molecule has 0 radical (unpaired) electrons. The highest BCUT2D eigenvalue weighted by Gasteiger charge is 2.15. The maximum absolute atomic E-state index is 13.3. The van der Waals surface area contributed by atoms with Crippen LogP contribution in [0.2, 0.25) is 0 Å². The molecule has 3 nitrogen and oxygen atoms in total. The van der Waals surface area contributed by atoms with Crippen LogP contribution in [0, 0.1) is 5.82 Å². The number of hydrogen-bond acceptors (Lipinski definition) is 3. The van der Waals surface area contributed by atoms with Gasteiger partial charge in [0, 0.05) is 18.8 Å². The summed E-state index contributed by atoms with van der Waals surface area (Å²) in [6, 6.07) is 4.65. The number of nitrogens with two attached hydrogens (primary N) is 1. The molecule has 1 aliphatic heterocycles. The number of halogens is 1. The molecule has 0 amide bonds. The van der Waals surface area contributed by atoms with Crippen molar-refractivity contribution in [2.24, 2.45) is 0 Å². The summed E-state index contributed by atoms with van der Waals surface area (Å²) in [6.45, 7) is 1.47. The number of hydrogen-bond donors (Lipinski definition) is 2. The molecule has 4 heteroatoms. The largest absolute Gasteiger partial charge is 0.399 e. The van der Waals surface area contributed by atoms with E-state index >= 15 is 0 Å². The highest BCUT2D eigenvalue weighted by Crippen LogP contribution is 2.18. The predicted octanol–water partition coefficient (Wildman–Crippen LogP) is 2.00. The molecule has 0 aromatic heterocycles. The van der Waals surface area contributed by atoms with Crippen LogP contribution in [0.1, 0.15) is 12.8 Å². The van der Waals surface area contributed by atoms with Crippen LogP contribution in [0.25, 0.3) is 0 Å². The van der Waals surface area contributed by atoms with Gasteiger partial charge in [-0.3, -0.25) is 0 Å². The van der Waals surface area contributed by atoms with Gasteiger partial charge in [0.15, 0.2) is 0 Å². The first kappa shape index (κ1) is 10.2. The minimum absolute atomic E-state index is 0.210. The van der Waals surface area contributed by atoms with E-state index in [4.69, 9.17) is 10.5 Å². The molecule has 82 valence electrons. The Hall–Kier alpha value is -1.29. The second kappa shape index (κ2) is 4.49. The summed E-state index contributed by atoms with van der Waals surface area (Å²) in [4.78, 5) is 0. The SMILES string of the molecule is Nc1ccc(NC[C@H]2CCCO2)c(F)c1. The fraction of sp³-hybridized carbons (Fsp3) is 0.455. The van der Waals surface area contributed by atoms with Crippen molar-refractivity contribution >= 4 is 11.4 Å². The van der Waals surface area contributed by atoms with E-state index in [0.717, 1.165) is 19.4 Å². The molecule has 2 rings (SSSR count). The fourth-order valence-electron chi connectivity index (χ4n) is 1.70. The van der Waals surface area contributed by atoms with Gasteiger partial charge < -0.3 is 15.8 Å². The van der Waals surface area contributed by atoms with E-state index in [1.165, 1.54) is 6.07 Å². The van der Waals surface area contributed by atoms with E-state index < -0.39 is 0 Å². The van der Waals surface area contributed by atoms with Crippen molar-refractivity contribution < 1.29 is 9.13 Å². The minimum Gasteiger partial charge on any atom is -0.399 e. The average molecular weight is 210 g/mol. The van der Waals surface area contributed by atoms with Crippen LogP contribution in [-0.4, -0.2) is 19.3 Å². The van der Waals surface area contributed by atoms with Crippen LogP contribution in [-0.2, 0) is 4.74 Å². The van der Waals surface area contributed by atoms with E-state index in [1.54, 1.807) is 12.1 Å². The van der Waals surface area contributed by atoms with Crippen molar-refractivity contribution in [3.8, 4) is 0 Å². The fourth-order valence-corrected chi connectivity index (χ4v) is 1.70.